The molecule has 5 N–H and O–H groups in total. The fraction of sp³-hybridized carbons (Fsp3) is 0.216. The highest BCUT2D eigenvalue weighted by Gasteiger charge is 2.38. The molecule has 1 heterocycles. The first-order valence-electron chi connectivity index (χ1n) is 15.4. The number of carboxylic acids is 1. The second-order valence-corrected chi connectivity index (χ2v) is 11.1. The van der Waals surface area contributed by atoms with Gasteiger partial charge in [0.1, 0.15) is 11.9 Å². The third-order valence-corrected chi connectivity index (χ3v) is 7.13. The monoisotopic (exact) mass is 674 g/mol. The minimum atomic E-state index is -5.08. The molecule has 0 saturated heterocycles. The summed E-state index contributed by atoms with van der Waals surface area (Å²) in [6, 6.07) is 30.9. The Morgan fingerprint density at radius 1 is 0.918 bits per heavy atom. The zero-order valence-electron chi connectivity index (χ0n) is 27.1. The molecule has 4 aromatic carbocycles. The van der Waals surface area contributed by atoms with Crippen LogP contribution in [0, 0.1) is 0 Å². The van der Waals surface area contributed by atoms with Crippen molar-refractivity contribution in [1.29, 1.82) is 0 Å². The van der Waals surface area contributed by atoms with E-state index in [9.17, 15) is 18.0 Å². The van der Waals surface area contributed by atoms with Crippen LogP contribution in [-0.2, 0) is 16.1 Å². The quantitative estimate of drug-likeness (QED) is 0.112. The summed E-state index contributed by atoms with van der Waals surface area (Å²) >= 11 is 0. The van der Waals surface area contributed by atoms with E-state index in [0.29, 0.717) is 30.5 Å². The summed E-state index contributed by atoms with van der Waals surface area (Å²) in [5.74, 6) is -1.23. The molecule has 1 atom stereocenters. The maximum Gasteiger partial charge on any atom is 0.490 e. The number of nitrogens with two attached hydrogens (primary N) is 1. The molecule has 0 saturated carbocycles. The van der Waals surface area contributed by atoms with Crippen molar-refractivity contribution in [3.63, 3.8) is 0 Å². The van der Waals surface area contributed by atoms with Gasteiger partial charge < -0.3 is 30.9 Å². The Hall–Kier alpha value is -5.78. The van der Waals surface area contributed by atoms with Crippen molar-refractivity contribution in [1.82, 2.24) is 10.3 Å². The van der Waals surface area contributed by atoms with E-state index in [0.717, 1.165) is 38.7 Å². The zero-order valence-corrected chi connectivity index (χ0v) is 27.1. The summed E-state index contributed by atoms with van der Waals surface area (Å²) in [5.41, 5.74) is 10.8. The van der Waals surface area contributed by atoms with Crippen molar-refractivity contribution in [3.05, 3.63) is 114 Å². The molecule has 1 amide bonds. The van der Waals surface area contributed by atoms with Gasteiger partial charge >= 0.3 is 12.1 Å². The van der Waals surface area contributed by atoms with Gasteiger partial charge in [-0.2, -0.15) is 13.2 Å². The molecule has 5 rings (SSSR count). The predicted octanol–water partition coefficient (Wildman–Crippen LogP) is 7.77. The molecule has 12 heteroatoms. The van der Waals surface area contributed by atoms with Crippen molar-refractivity contribution in [3.8, 4) is 22.6 Å². The van der Waals surface area contributed by atoms with E-state index in [4.69, 9.17) is 25.1 Å². The van der Waals surface area contributed by atoms with Crippen LogP contribution in [0.25, 0.3) is 21.9 Å². The Morgan fingerprint density at radius 3 is 2.29 bits per heavy atom. The number of pyridine rings is 1. The molecule has 1 aromatic heterocycles. The normalized spacial score (nSPS) is 11.7. The maximum atomic E-state index is 13.9. The summed E-state index contributed by atoms with van der Waals surface area (Å²) in [6.07, 6.45) is -3.42. The number of nitrogens with one attached hydrogen (secondary N) is 2. The summed E-state index contributed by atoms with van der Waals surface area (Å²) < 4.78 is 43.6. The molecule has 0 bridgehead atoms. The minimum Gasteiger partial charge on any atom is -0.490 e. The lowest BCUT2D eigenvalue weighted by atomic mass is 9.99. The summed E-state index contributed by atoms with van der Waals surface area (Å²) in [6.45, 7) is 6.70. The highest BCUT2D eigenvalue weighted by atomic mass is 19.4. The number of benzene rings is 4. The molecule has 0 radical (unpaired) electrons. The highest BCUT2D eigenvalue weighted by Crippen LogP contribution is 2.34. The number of aromatic nitrogens is 1. The Kier molecular flexibility index (Phi) is 12.0. The number of hydrogen-bond acceptors (Lipinski definition) is 7. The number of hydrogen-bond donors (Lipinski definition) is 4. The first kappa shape index (κ1) is 36.1. The zero-order chi connectivity index (χ0) is 35.6. The number of carbonyl (C=O) groups is 2. The van der Waals surface area contributed by atoms with Crippen LogP contribution in [-0.4, -0.2) is 40.9 Å². The van der Waals surface area contributed by atoms with E-state index in [2.05, 4.69) is 33.8 Å². The second-order valence-electron chi connectivity index (χ2n) is 11.1. The Morgan fingerprint density at radius 2 is 1.61 bits per heavy atom. The van der Waals surface area contributed by atoms with Crippen molar-refractivity contribution >= 4 is 34.2 Å². The van der Waals surface area contributed by atoms with Gasteiger partial charge in [0.15, 0.2) is 11.5 Å². The third kappa shape index (κ3) is 9.86. The van der Waals surface area contributed by atoms with E-state index in [1.54, 1.807) is 6.20 Å². The number of rotatable bonds is 11. The number of nitrogen functional groups attached to an aromatic ring is 1. The van der Waals surface area contributed by atoms with Crippen LogP contribution in [0.3, 0.4) is 0 Å². The van der Waals surface area contributed by atoms with Gasteiger partial charge in [-0.15, -0.1) is 0 Å². The average Bonchev–Trinajstić information content (AvgIpc) is 3.07. The van der Waals surface area contributed by atoms with Gasteiger partial charge in [0.2, 0.25) is 5.91 Å². The number of amides is 1. The minimum absolute atomic E-state index is 0.0171. The van der Waals surface area contributed by atoms with Gasteiger partial charge in [-0.1, -0.05) is 60.7 Å². The summed E-state index contributed by atoms with van der Waals surface area (Å²) in [7, 11) is 0. The lowest BCUT2D eigenvalue weighted by molar-refractivity contribution is -0.192. The first-order chi connectivity index (χ1) is 23.4. The van der Waals surface area contributed by atoms with Crippen molar-refractivity contribution < 1.29 is 37.3 Å². The van der Waals surface area contributed by atoms with Crippen molar-refractivity contribution in [2.45, 2.75) is 45.6 Å². The molecular weight excluding hydrogens is 637 g/mol. The van der Waals surface area contributed by atoms with Crippen LogP contribution in [0.15, 0.2) is 103 Å². The number of anilines is 2. The fourth-order valence-electron chi connectivity index (χ4n) is 4.94. The smallest absolute Gasteiger partial charge is 0.490 e. The number of fused-ring (bicyclic) bond motifs is 1. The van der Waals surface area contributed by atoms with Gasteiger partial charge in [0.05, 0.1) is 12.7 Å². The number of carbonyl (C=O) groups excluding carboxylic acids is 1. The fourth-order valence-corrected chi connectivity index (χ4v) is 4.94. The highest BCUT2D eigenvalue weighted by molar-refractivity contribution is 5.94. The molecule has 9 nitrogen and oxygen atoms in total. The summed E-state index contributed by atoms with van der Waals surface area (Å²) in [5, 5.41) is 15.5. The third-order valence-electron chi connectivity index (χ3n) is 7.13. The van der Waals surface area contributed by atoms with Crippen LogP contribution in [0.2, 0.25) is 0 Å². The maximum absolute atomic E-state index is 13.9. The summed E-state index contributed by atoms with van der Waals surface area (Å²) in [4.78, 5) is 27.0. The number of halogens is 3. The van der Waals surface area contributed by atoms with Gasteiger partial charge in [0.25, 0.3) is 0 Å². The van der Waals surface area contributed by atoms with Crippen LogP contribution < -0.4 is 25.8 Å². The second kappa shape index (κ2) is 16.4. The van der Waals surface area contributed by atoms with E-state index in [1.807, 2.05) is 99.6 Å². The Balaban J connectivity index is 0.000000698. The largest absolute Gasteiger partial charge is 0.490 e. The Bertz CT molecular complexity index is 1880. The molecule has 256 valence electrons. The number of alkyl halides is 3. The topological polar surface area (TPSA) is 136 Å². The molecule has 0 aliphatic carbocycles. The standard InChI is InChI=1S/C35H36N4O3.C2HF3O2/c1-4-41-32-21-26(14-17-31(32)42-23(2)3)33(39-28-15-16-30-25(20-28)18-19-37-34(30)36)35(40)38-22-27-12-8-9-13-29(27)24-10-6-5-7-11-24;3-2(4,5)1(6)7/h5-21,23,33,39H,4,22H2,1-3H3,(H2,36,37)(H,38,40);(H,6,7). The van der Waals surface area contributed by atoms with Crippen molar-refractivity contribution in [2.75, 3.05) is 17.7 Å². The first-order valence-corrected chi connectivity index (χ1v) is 15.4. The van der Waals surface area contributed by atoms with Gasteiger partial charge in [0, 0.05) is 23.8 Å². The van der Waals surface area contributed by atoms with Crippen LogP contribution in [0.1, 0.15) is 37.9 Å². The number of ether oxygens (including phenoxy) is 2. The lowest BCUT2D eigenvalue weighted by Gasteiger charge is -2.23. The number of carboxylic acid groups (broad SMARTS) is 1. The van der Waals surface area contributed by atoms with E-state index in [1.165, 1.54) is 0 Å². The molecule has 1 unspecified atom stereocenters. The lowest BCUT2D eigenvalue weighted by Crippen LogP contribution is -2.33. The molecular formula is C37H37F3N4O5. The van der Waals surface area contributed by atoms with Gasteiger partial charge in [-0.25, -0.2) is 9.78 Å². The van der Waals surface area contributed by atoms with Crippen LogP contribution in [0.5, 0.6) is 11.5 Å². The Labute approximate surface area is 281 Å². The molecule has 0 aliphatic heterocycles. The predicted molar refractivity (Wildman–Crippen MR) is 183 cm³/mol. The SMILES string of the molecule is CCOc1cc(C(Nc2ccc3c(N)nccc3c2)C(=O)NCc2ccccc2-c2ccccc2)ccc1OC(C)C.O=C(O)C(F)(F)F. The molecule has 49 heavy (non-hydrogen) atoms. The molecule has 5 aromatic rings. The number of nitrogens with zero attached hydrogens (tertiary/aromatic N) is 1. The molecule has 0 fully saturated rings. The van der Waals surface area contributed by atoms with E-state index >= 15 is 0 Å². The van der Waals surface area contributed by atoms with Gasteiger partial charge in [-0.05, 0) is 84.8 Å². The van der Waals surface area contributed by atoms with Crippen molar-refractivity contribution in [2.24, 2.45) is 0 Å². The molecule has 0 aliphatic rings. The number of aliphatic carboxylic acids is 1. The average molecular weight is 675 g/mol. The van der Waals surface area contributed by atoms with E-state index in [-0.39, 0.29) is 12.0 Å². The molecule has 0 spiro atoms. The van der Waals surface area contributed by atoms with Crippen LogP contribution >= 0.6 is 0 Å². The van der Waals surface area contributed by atoms with Crippen LogP contribution in [0.4, 0.5) is 24.7 Å². The van der Waals surface area contributed by atoms with E-state index < -0.39 is 18.2 Å². The van der Waals surface area contributed by atoms with Gasteiger partial charge in [-0.3, -0.25) is 4.79 Å².